The maximum Gasteiger partial charge on any atom is 2.00 e. The molecule has 0 aromatic carbocycles. The van der Waals surface area contributed by atoms with Gasteiger partial charge in [0.15, 0.2) is 40.9 Å². The van der Waals surface area contributed by atoms with Crippen molar-refractivity contribution in [1.29, 1.82) is 0 Å². The van der Waals surface area contributed by atoms with Crippen molar-refractivity contribution in [2.75, 3.05) is 215 Å². The van der Waals surface area contributed by atoms with Crippen molar-refractivity contribution in [2.45, 2.75) is 27.7 Å². The van der Waals surface area contributed by atoms with Crippen LogP contribution >= 0.6 is 97.7 Å². The summed E-state index contributed by atoms with van der Waals surface area (Å²) >= 11 is 40.5. The van der Waals surface area contributed by atoms with Crippen molar-refractivity contribution in [3.63, 3.8) is 0 Å². The van der Waals surface area contributed by atoms with Gasteiger partial charge in [0.2, 0.25) is 0 Å². The first-order chi connectivity index (χ1) is 31.9. The third-order valence-electron chi connectivity index (χ3n) is 12.4. The molecule has 0 saturated carbocycles. The molecule has 0 bridgehead atoms. The monoisotopic (exact) mass is 1490 g/mol. The van der Waals surface area contributed by atoms with Gasteiger partial charge in [-0.15, -0.1) is 0 Å². The van der Waals surface area contributed by atoms with Crippen LogP contribution in [0.25, 0.3) is 0 Å². The topological polar surface area (TPSA) is 51.8 Å². The van der Waals surface area contributed by atoms with Crippen LogP contribution in [0.5, 0.6) is 0 Å². The number of hydrogen-bond acceptors (Lipinski definition) is 8. The molecule has 0 unspecified atom stereocenters. The maximum absolute atomic E-state index is 5.11. The Kier molecular flexibility index (Phi) is 37.3. The summed E-state index contributed by atoms with van der Waals surface area (Å²) in [5.74, 6) is 0. The normalized spacial score (nSPS) is 19.4. The van der Waals surface area contributed by atoms with Crippen LogP contribution < -0.4 is 0 Å². The molecule has 26 heteroatoms. The van der Waals surface area contributed by atoms with Crippen LogP contribution in [0.2, 0.25) is 0 Å². The first kappa shape index (κ1) is 71.0. The molecule has 408 valence electrons. The Morgan fingerprint density at radius 1 is 0.214 bits per heavy atom. The third-order valence-corrected chi connectivity index (χ3v) is 17.2. The van der Waals surface area contributed by atoms with E-state index in [1.807, 2.05) is 84.6 Å². The van der Waals surface area contributed by atoms with Crippen LogP contribution in [0.4, 0.5) is 0 Å². The van der Waals surface area contributed by atoms with Crippen LogP contribution in [0, 0.1) is 0 Å². The van der Waals surface area contributed by atoms with E-state index < -0.39 is 0 Å². The van der Waals surface area contributed by atoms with Crippen molar-refractivity contribution >= 4 is 139 Å². The Labute approximate surface area is 497 Å². The molecule has 0 amide bonds. The number of nitrogens with zero attached hydrogens (tertiary/aromatic N) is 16. The molecular weight excluding hydrogens is 1400 g/mol. The van der Waals surface area contributed by atoms with E-state index in [1.54, 1.807) is 0 Å². The molecule has 8 aliphatic heterocycles. The van der Waals surface area contributed by atoms with Gasteiger partial charge in [0.05, 0.1) is 0 Å². The summed E-state index contributed by atoms with van der Waals surface area (Å²) in [5.41, 5.74) is 0. The Morgan fingerprint density at radius 2 is 0.314 bits per heavy atom. The number of thiocarbonyl (C=S) groups is 8. The summed E-state index contributed by atoms with van der Waals surface area (Å²) in [4.78, 5) is 33.9. The molecule has 8 aliphatic rings. The van der Waals surface area contributed by atoms with Gasteiger partial charge >= 0.3 is 42.1 Å². The summed E-state index contributed by atoms with van der Waals surface area (Å²) in [6.07, 6.45) is 0. The molecule has 0 N–H and O–H groups in total. The quantitative estimate of drug-likeness (QED) is 0.388. The predicted molar refractivity (Wildman–Crippen MR) is 321 cm³/mol. The van der Waals surface area contributed by atoms with Crippen molar-refractivity contribution in [2.24, 2.45) is 0 Å². The Bertz CT molecular complexity index is 1380. The van der Waals surface area contributed by atoms with Crippen molar-refractivity contribution in [1.82, 2.24) is 78.4 Å². The second-order valence-electron chi connectivity index (χ2n) is 17.6. The van der Waals surface area contributed by atoms with Gasteiger partial charge in [-0.2, -0.15) is 0 Å². The van der Waals surface area contributed by atoms with Gasteiger partial charge in [-0.05, 0) is 125 Å². The number of hydrogen-bond donors (Lipinski definition) is 0. The minimum Gasteiger partial charge on any atom is -0.350 e. The molecule has 0 spiro atoms. The van der Waals surface area contributed by atoms with Gasteiger partial charge in [-0.1, -0.05) is 0 Å². The summed E-state index contributed by atoms with van der Waals surface area (Å²) < 4.78 is 0. The van der Waals surface area contributed by atoms with E-state index in [-0.39, 0.29) is 42.1 Å². The van der Waals surface area contributed by atoms with Crippen LogP contribution in [0.1, 0.15) is 27.7 Å². The summed E-state index contributed by atoms with van der Waals surface area (Å²) in [6, 6.07) is 0. The zero-order chi connectivity index (χ0) is 52.0. The summed E-state index contributed by atoms with van der Waals surface area (Å²) in [6.45, 7) is 30.1. The zero-order valence-corrected chi connectivity index (χ0v) is 56.3. The van der Waals surface area contributed by atoms with E-state index >= 15 is 0 Å². The molecule has 70 heavy (non-hydrogen) atoms. The van der Waals surface area contributed by atoms with Crippen molar-refractivity contribution in [3.8, 4) is 0 Å². The smallest absolute Gasteiger partial charge is 0.350 e. The summed E-state index contributed by atoms with van der Waals surface area (Å²) in [7, 11) is 24.3. The molecule has 16 nitrogen and oxygen atoms in total. The van der Waals surface area contributed by atoms with Crippen molar-refractivity contribution in [3.05, 3.63) is 0 Å². The van der Waals surface area contributed by atoms with Gasteiger partial charge in [0.1, 0.15) is 0 Å². The zero-order valence-electron chi connectivity index (χ0n) is 45.2. The van der Waals surface area contributed by atoms with Crippen LogP contribution in [0.15, 0.2) is 0 Å². The third kappa shape index (κ3) is 23.6. The molecule has 8 rings (SSSR count). The van der Waals surface area contributed by atoms with Gasteiger partial charge in [0.25, 0.3) is 0 Å². The van der Waals surface area contributed by atoms with Crippen LogP contribution in [-0.2, 0) is 42.1 Å². The molecule has 0 radical (unpaired) electrons. The fourth-order valence-electron chi connectivity index (χ4n) is 7.12. The van der Waals surface area contributed by atoms with Gasteiger partial charge in [-0.3, -0.25) is 0 Å². The Hall–Kier alpha value is -1.10. The number of rotatable bonds is 4. The Morgan fingerprint density at radius 3 is 0.357 bits per heavy atom. The van der Waals surface area contributed by atoms with E-state index in [9.17, 15) is 0 Å². The minimum absolute atomic E-state index is 0. The molecule has 8 fully saturated rings. The van der Waals surface area contributed by atoms with E-state index in [2.05, 4.69) is 106 Å². The standard InChI is InChI=1S/4C6H12N2S.4C5H10N2S.2Pt/c4*1-3-8-5-4-7(2)6(8)9;4*1-6-3-4-7(2)5(6)8;;/h4*3-5H2,1-2H3;4*3-4H2,1-2H3;;/q;;;;;;;;2*+2. The average molecular weight is 1490 g/mol. The fraction of sp³-hybridized carbons (Fsp3) is 0.818. The molecule has 0 aliphatic carbocycles. The van der Waals surface area contributed by atoms with E-state index in [1.165, 1.54) is 0 Å². The first-order valence-electron chi connectivity index (χ1n) is 23.7. The van der Waals surface area contributed by atoms with E-state index in [4.69, 9.17) is 97.7 Å². The Balaban J connectivity index is 0. The minimum atomic E-state index is 0. The first-order valence-corrected chi connectivity index (χ1v) is 27.0. The van der Waals surface area contributed by atoms with Crippen LogP contribution in [0.3, 0.4) is 0 Å². The van der Waals surface area contributed by atoms with Crippen LogP contribution in [-0.4, -0.2) is 335 Å². The summed E-state index contributed by atoms with van der Waals surface area (Å²) in [5, 5.41) is 7.84. The number of likely N-dealkylation sites (N-methyl/N-ethyl adjacent to an activating group) is 16. The van der Waals surface area contributed by atoms with Gasteiger partial charge < -0.3 is 78.4 Å². The predicted octanol–water partition coefficient (Wildman–Crippen LogP) is 2.74. The molecule has 0 aromatic rings. The van der Waals surface area contributed by atoms with E-state index in [0.29, 0.717) is 0 Å². The molecule has 8 heterocycles. The maximum atomic E-state index is 5.11. The van der Waals surface area contributed by atoms with Gasteiger partial charge in [-0.25, -0.2) is 0 Å². The largest absolute Gasteiger partial charge is 2.00 e. The van der Waals surface area contributed by atoms with Crippen molar-refractivity contribution < 1.29 is 42.1 Å². The second-order valence-corrected chi connectivity index (χ2v) is 20.6. The fourth-order valence-corrected chi connectivity index (χ4v) is 9.09. The van der Waals surface area contributed by atoms with E-state index in [0.717, 1.165) is 172 Å². The SMILES string of the molecule is CCN1CCN(C)C1=S.CCN1CCN(C)C1=S.CCN1CCN(C)C1=S.CCN1CCN(C)C1=S.CN1CCN(C)C1=S.CN1CCN(C)C1=S.CN1CCN(C)C1=S.CN1CCN(C)C1=S.[Pt+2].[Pt+2]. The average Bonchev–Trinajstić information content (AvgIpc) is 4.23. The molecule has 0 atom stereocenters. The molecule has 0 aromatic heterocycles. The molecule has 8 saturated heterocycles. The van der Waals surface area contributed by atoms with Gasteiger partial charge in [0, 0.05) is 215 Å². The second kappa shape index (κ2) is 36.8. The molecular formula is C44H88N16Pt2S8+4.